The van der Waals surface area contributed by atoms with E-state index >= 15 is 0 Å². The molecule has 0 fully saturated rings. The van der Waals surface area contributed by atoms with Crippen molar-refractivity contribution >= 4 is 28.6 Å². The predicted molar refractivity (Wildman–Crippen MR) is 44.0 cm³/mol. The number of carbonyl (C=O) groups is 1. The zero-order chi connectivity index (χ0) is 8.39. The smallest absolute Gasteiger partial charge is 0.265 e. The van der Waals surface area contributed by atoms with Crippen molar-refractivity contribution in [2.75, 3.05) is 5.32 Å². The van der Waals surface area contributed by atoms with Crippen LogP contribution in [0.25, 0.3) is 0 Å². The number of carbonyl (C=O) groups excluding carboxylic acids is 1. The van der Waals surface area contributed by atoms with Gasteiger partial charge in [-0.1, -0.05) is 11.3 Å². The van der Waals surface area contributed by atoms with Crippen LogP contribution < -0.4 is 10.6 Å². The van der Waals surface area contributed by atoms with Gasteiger partial charge in [-0.25, -0.2) is 4.99 Å². The van der Waals surface area contributed by atoms with Crippen LogP contribution in [0.1, 0.15) is 0 Å². The molecule has 12 heavy (non-hydrogen) atoms. The Kier molecular flexibility index (Phi) is 1.71. The van der Waals surface area contributed by atoms with Crippen molar-refractivity contribution in [3.63, 3.8) is 0 Å². The maximum absolute atomic E-state index is 10.6. The van der Waals surface area contributed by atoms with Gasteiger partial charge in [0.15, 0.2) is 6.29 Å². The Morgan fingerprint density at radius 1 is 1.67 bits per heavy atom. The molecule has 2 rings (SSSR count). The molecule has 0 aliphatic carbocycles. The van der Waals surface area contributed by atoms with Crippen LogP contribution in [0.15, 0.2) is 10.5 Å². The Balaban J connectivity index is 1.97. The molecule has 1 atom stereocenters. The maximum atomic E-state index is 10.6. The summed E-state index contributed by atoms with van der Waals surface area (Å²) in [6.45, 7) is 0. The van der Waals surface area contributed by atoms with Gasteiger partial charge in [-0.05, 0) is 0 Å². The number of amides is 1. The van der Waals surface area contributed by atoms with E-state index in [1.54, 1.807) is 5.51 Å². The lowest BCUT2D eigenvalue weighted by Gasteiger charge is -2.06. The Morgan fingerprint density at radius 3 is 3.17 bits per heavy atom. The summed E-state index contributed by atoms with van der Waals surface area (Å²) in [4.78, 5) is 14.5. The van der Waals surface area contributed by atoms with Crippen LogP contribution in [-0.4, -0.2) is 28.6 Å². The van der Waals surface area contributed by atoms with Gasteiger partial charge in [-0.2, -0.15) is 0 Å². The van der Waals surface area contributed by atoms with E-state index in [0.29, 0.717) is 5.13 Å². The van der Waals surface area contributed by atoms with E-state index in [4.69, 9.17) is 0 Å². The Hall–Kier alpha value is -1.50. The number of aliphatic imine (C=N–C) groups is 1. The van der Waals surface area contributed by atoms with Gasteiger partial charge < -0.3 is 10.6 Å². The van der Waals surface area contributed by atoms with Crippen LogP contribution in [0.2, 0.25) is 0 Å². The van der Waals surface area contributed by atoms with E-state index in [0.717, 1.165) is 0 Å². The lowest BCUT2D eigenvalue weighted by molar-refractivity contribution is -0.114. The normalized spacial score (nSPS) is 21.0. The highest BCUT2D eigenvalue weighted by Crippen LogP contribution is 2.09. The maximum Gasteiger partial charge on any atom is 0.265 e. The van der Waals surface area contributed by atoms with Crippen molar-refractivity contribution in [1.29, 1.82) is 0 Å². The quantitative estimate of drug-likeness (QED) is 0.643. The second-order valence-electron chi connectivity index (χ2n) is 2.08. The third-order valence-electron chi connectivity index (χ3n) is 1.24. The molecule has 7 heteroatoms. The third kappa shape index (κ3) is 1.40. The summed E-state index contributed by atoms with van der Waals surface area (Å²) in [5.41, 5.74) is 1.60. The second-order valence-corrected chi connectivity index (χ2v) is 2.91. The van der Waals surface area contributed by atoms with Crippen molar-refractivity contribution in [1.82, 2.24) is 15.5 Å². The highest BCUT2D eigenvalue weighted by Gasteiger charge is 2.15. The average molecular weight is 183 g/mol. The van der Waals surface area contributed by atoms with Crippen LogP contribution >= 0.6 is 11.3 Å². The molecule has 0 aromatic carbocycles. The van der Waals surface area contributed by atoms with Crippen LogP contribution in [0.4, 0.5) is 5.13 Å². The fourth-order valence-corrected chi connectivity index (χ4v) is 1.25. The van der Waals surface area contributed by atoms with E-state index in [-0.39, 0.29) is 5.91 Å². The number of rotatable bonds is 2. The molecule has 1 aliphatic heterocycles. The lowest BCUT2D eigenvalue weighted by atomic mass is 10.7. The van der Waals surface area contributed by atoms with Crippen LogP contribution in [0, 0.1) is 0 Å². The molecule has 0 spiro atoms. The monoisotopic (exact) mass is 183 g/mol. The van der Waals surface area contributed by atoms with Crippen molar-refractivity contribution < 1.29 is 4.79 Å². The minimum atomic E-state index is -0.398. The SMILES string of the molecule is O=C1C=NC(Nc2nncs2)N1. The zero-order valence-electron chi connectivity index (χ0n) is 5.89. The largest absolute Gasteiger partial charge is 0.321 e. The first-order valence-electron chi connectivity index (χ1n) is 3.21. The Labute approximate surface area is 71.7 Å². The molecule has 0 saturated carbocycles. The number of hydrogen-bond acceptors (Lipinski definition) is 6. The van der Waals surface area contributed by atoms with Crippen LogP contribution in [0.3, 0.4) is 0 Å². The van der Waals surface area contributed by atoms with E-state index in [9.17, 15) is 4.79 Å². The second kappa shape index (κ2) is 2.86. The average Bonchev–Trinajstić information content (AvgIpc) is 2.63. The predicted octanol–water partition coefficient (Wildman–Crippen LogP) is -0.566. The number of aromatic nitrogens is 2. The molecule has 1 aromatic rings. The highest BCUT2D eigenvalue weighted by molar-refractivity contribution is 7.13. The molecule has 1 aromatic heterocycles. The molecular formula is C5H5N5OS. The fraction of sp³-hybridized carbons (Fsp3) is 0.200. The molecule has 6 nitrogen and oxygen atoms in total. The van der Waals surface area contributed by atoms with Crippen molar-refractivity contribution in [2.45, 2.75) is 6.29 Å². The standard InChI is InChI=1S/C5H5N5OS/c11-3-1-6-4(8-3)9-5-10-7-2-12-5/h1-2,4H,(H,8,11)(H,9,10). The number of hydrogen-bond donors (Lipinski definition) is 2. The van der Waals surface area contributed by atoms with Gasteiger partial charge in [0.1, 0.15) is 5.51 Å². The van der Waals surface area contributed by atoms with Gasteiger partial charge in [-0.15, -0.1) is 10.2 Å². The molecular weight excluding hydrogens is 178 g/mol. The molecule has 1 aliphatic rings. The van der Waals surface area contributed by atoms with Gasteiger partial charge in [0.25, 0.3) is 5.91 Å². The van der Waals surface area contributed by atoms with Gasteiger partial charge in [-0.3, -0.25) is 4.79 Å². The first kappa shape index (κ1) is 7.17. The van der Waals surface area contributed by atoms with Crippen LogP contribution in [0.5, 0.6) is 0 Å². The minimum absolute atomic E-state index is 0.197. The molecule has 62 valence electrons. The van der Waals surface area contributed by atoms with E-state index in [2.05, 4.69) is 25.8 Å². The number of anilines is 1. The van der Waals surface area contributed by atoms with Gasteiger partial charge >= 0.3 is 0 Å². The van der Waals surface area contributed by atoms with Gasteiger partial charge in [0.2, 0.25) is 5.13 Å². The van der Waals surface area contributed by atoms with Crippen molar-refractivity contribution in [2.24, 2.45) is 4.99 Å². The summed E-state index contributed by atoms with van der Waals surface area (Å²) < 4.78 is 0. The highest BCUT2D eigenvalue weighted by atomic mass is 32.1. The van der Waals surface area contributed by atoms with Crippen LogP contribution in [-0.2, 0) is 4.79 Å². The zero-order valence-corrected chi connectivity index (χ0v) is 6.71. The van der Waals surface area contributed by atoms with Crippen molar-refractivity contribution in [3.8, 4) is 0 Å². The summed E-state index contributed by atoms with van der Waals surface area (Å²) >= 11 is 1.35. The molecule has 0 radical (unpaired) electrons. The summed E-state index contributed by atoms with van der Waals surface area (Å²) in [7, 11) is 0. The van der Waals surface area contributed by atoms with Gasteiger partial charge in [0.05, 0.1) is 6.21 Å². The topological polar surface area (TPSA) is 79.3 Å². The molecule has 2 N–H and O–H groups in total. The molecule has 0 saturated heterocycles. The molecule has 1 unspecified atom stereocenters. The lowest BCUT2D eigenvalue weighted by Crippen LogP contribution is -2.33. The van der Waals surface area contributed by atoms with Gasteiger partial charge in [0, 0.05) is 0 Å². The minimum Gasteiger partial charge on any atom is -0.321 e. The van der Waals surface area contributed by atoms with E-state index in [1.807, 2.05) is 0 Å². The first-order chi connectivity index (χ1) is 5.84. The Bertz CT molecular complexity index is 308. The first-order valence-corrected chi connectivity index (χ1v) is 4.09. The molecule has 0 bridgehead atoms. The summed E-state index contributed by atoms with van der Waals surface area (Å²) in [5, 5.41) is 13.4. The van der Waals surface area contributed by atoms with E-state index in [1.165, 1.54) is 17.6 Å². The number of nitrogens with one attached hydrogen (secondary N) is 2. The summed E-state index contributed by atoms with van der Waals surface area (Å²) in [6, 6.07) is 0. The van der Waals surface area contributed by atoms with Crippen molar-refractivity contribution in [3.05, 3.63) is 5.51 Å². The molecule has 2 heterocycles. The summed E-state index contributed by atoms with van der Waals surface area (Å²) in [5.74, 6) is -0.197. The van der Waals surface area contributed by atoms with E-state index < -0.39 is 6.29 Å². The number of nitrogens with zero attached hydrogens (tertiary/aromatic N) is 3. The Morgan fingerprint density at radius 2 is 2.58 bits per heavy atom. The summed E-state index contributed by atoms with van der Waals surface area (Å²) in [6.07, 6.45) is 0.837. The third-order valence-corrected chi connectivity index (χ3v) is 1.86. The fourth-order valence-electron chi connectivity index (χ4n) is 0.778. The molecule has 1 amide bonds.